The van der Waals surface area contributed by atoms with Crippen molar-refractivity contribution in [2.75, 3.05) is 37.6 Å². The molecule has 0 unspecified atom stereocenters. The van der Waals surface area contributed by atoms with Crippen molar-refractivity contribution in [3.05, 3.63) is 47.9 Å². The fourth-order valence-corrected chi connectivity index (χ4v) is 4.03. The summed E-state index contributed by atoms with van der Waals surface area (Å²) < 4.78 is 1.72. The van der Waals surface area contributed by atoms with Gasteiger partial charge in [-0.2, -0.15) is 5.10 Å². The van der Waals surface area contributed by atoms with Gasteiger partial charge in [0.2, 0.25) is 5.91 Å². The summed E-state index contributed by atoms with van der Waals surface area (Å²) in [5, 5.41) is 8.78. The molecule has 1 aromatic carbocycles. The number of hydrogen-bond acceptors (Lipinski definition) is 3. The number of H-pyrrole nitrogens is 1. The van der Waals surface area contributed by atoms with Crippen molar-refractivity contribution in [3.8, 4) is 0 Å². The first-order valence-corrected chi connectivity index (χ1v) is 10.4. The number of nitrogens with one attached hydrogen (secondary N) is 2. The molecule has 0 aliphatic carbocycles. The number of aryl methyl sites for hydroxylation is 2. The molecule has 166 valence electrons. The van der Waals surface area contributed by atoms with Gasteiger partial charge in [0.15, 0.2) is 5.96 Å². The van der Waals surface area contributed by atoms with Crippen LogP contribution in [0.25, 0.3) is 10.9 Å². The summed E-state index contributed by atoms with van der Waals surface area (Å²) in [5.74, 6) is 0.863. The first-order chi connectivity index (χ1) is 14.6. The van der Waals surface area contributed by atoms with Crippen molar-refractivity contribution in [3.63, 3.8) is 0 Å². The van der Waals surface area contributed by atoms with Crippen LogP contribution in [0.5, 0.6) is 0 Å². The number of anilines is 1. The molecule has 1 fully saturated rings. The lowest BCUT2D eigenvalue weighted by Crippen LogP contribution is -2.55. The highest BCUT2D eigenvalue weighted by atomic mass is 127. The highest BCUT2D eigenvalue weighted by molar-refractivity contribution is 14.0. The van der Waals surface area contributed by atoms with Gasteiger partial charge in [-0.15, -0.1) is 24.0 Å². The van der Waals surface area contributed by atoms with E-state index in [0.29, 0.717) is 19.6 Å². The highest BCUT2D eigenvalue weighted by Gasteiger charge is 2.27. The number of fused-ring (bicyclic) bond motifs is 1. The molecule has 3 aromatic rings. The number of benzene rings is 1. The Morgan fingerprint density at radius 1 is 1.29 bits per heavy atom. The third kappa shape index (κ3) is 5.03. The molecule has 1 amide bonds. The highest BCUT2D eigenvalue weighted by Crippen LogP contribution is 2.22. The van der Waals surface area contributed by atoms with Gasteiger partial charge in [-0.05, 0) is 31.9 Å². The first-order valence-electron chi connectivity index (χ1n) is 10.4. The Hall–Kier alpha value is -2.56. The van der Waals surface area contributed by atoms with Gasteiger partial charge in [0, 0.05) is 56.0 Å². The molecule has 0 bridgehead atoms. The summed E-state index contributed by atoms with van der Waals surface area (Å²) in [6, 6.07) is 8.37. The van der Waals surface area contributed by atoms with E-state index in [0.717, 1.165) is 36.7 Å². The lowest BCUT2D eigenvalue weighted by atomic mass is 10.1. The van der Waals surface area contributed by atoms with E-state index < -0.39 is 0 Å². The average molecular weight is 535 g/mol. The third-order valence-corrected chi connectivity index (χ3v) is 5.51. The number of piperazine rings is 1. The zero-order valence-corrected chi connectivity index (χ0v) is 20.6. The zero-order valence-electron chi connectivity index (χ0n) is 18.3. The van der Waals surface area contributed by atoms with Crippen LogP contribution >= 0.6 is 24.0 Å². The molecular weight excluding hydrogens is 505 g/mol. The number of rotatable bonds is 5. The molecule has 31 heavy (non-hydrogen) atoms. The summed E-state index contributed by atoms with van der Waals surface area (Å²) in [6.45, 7) is 7.26. The Morgan fingerprint density at radius 2 is 2.10 bits per heavy atom. The predicted molar refractivity (Wildman–Crippen MR) is 135 cm³/mol. The molecule has 1 aliphatic rings. The fourth-order valence-electron chi connectivity index (χ4n) is 4.03. The van der Waals surface area contributed by atoms with Crippen LogP contribution in [0.1, 0.15) is 18.2 Å². The van der Waals surface area contributed by atoms with E-state index in [9.17, 15) is 4.79 Å². The molecule has 4 rings (SSSR count). The monoisotopic (exact) mass is 535 g/mol. The topological polar surface area (TPSA) is 81.6 Å². The molecule has 0 saturated carbocycles. The summed E-state index contributed by atoms with van der Waals surface area (Å²) in [5.41, 5.74) is 4.51. The Morgan fingerprint density at radius 3 is 2.81 bits per heavy atom. The number of carbonyl (C=O) groups is 1. The Labute approximate surface area is 199 Å². The van der Waals surface area contributed by atoms with E-state index in [1.54, 1.807) is 15.8 Å². The number of hydrogen-bond donors (Lipinski definition) is 2. The zero-order chi connectivity index (χ0) is 21.1. The maximum Gasteiger partial charge on any atom is 0.246 e. The van der Waals surface area contributed by atoms with Crippen molar-refractivity contribution in [1.29, 1.82) is 0 Å². The minimum absolute atomic E-state index is 0. The van der Waals surface area contributed by atoms with E-state index in [4.69, 9.17) is 4.99 Å². The molecule has 0 atom stereocenters. The number of guanidine groups is 1. The van der Waals surface area contributed by atoms with Crippen molar-refractivity contribution in [2.24, 2.45) is 12.0 Å². The predicted octanol–water partition coefficient (Wildman–Crippen LogP) is 2.68. The first kappa shape index (κ1) is 23.1. The molecule has 1 aliphatic heterocycles. The van der Waals surface area contributed by atoms with Crippen LogP contribution < -0.4 is 10.2 Å². The van der Waals surface area contributed by atoms with Crippen molar-refractivity contribution in [2.45, 2.75) is 20.3 Å². The maximum atomic E-state index is 12.7. The standard InChI is InChI=1S/C22H29N7O.HI/c1-4-23-22(24-10-9-18-16(2)26-20-8-6-5-7-19(18)20)28-11-12-29(21(30)15-28)17-13-25-27(3)14-17;/h5-8,13-14,26H,4,9-12,15H2,1-3H3,(H,23,24);1H. The molecule has 2 aromatic heterocycles. The summed E-state index contributed by atoms with van der Waals surface area (Å²) in [4.78, 5) is 24.8. The van der Waals surface area contributed by atoms with Gasteiger partial charge in [-0.25, -0.2) is 0 Å². The number of amides is 1. The van der Waals surface area contributed by atoms with Crippen molar-refractivity contribution in [1.82, 2.24) is 25.0 Å². The quantitative estimate of drug-likeness (QED) is 0.299. The van der Waals surface area contributed by atoms with Gasteiger partial charge >= 0.3 is 0 Å². The van der Waals surface area contributed by atoms with Crippen LogP contribution in [0.15, 0.2) is 41.7 Å². The lowest BCUT2D eigenvalue weighted by Gasteiger charge is -2.35. The Bertz CT molecular complexity index is 1070. The van der Waals surface area contributed by atoms with E-state index in [1.165, 1.54) is 16.6 Å². The second-order valence-electron chi connectivity index (χ2n) is 7.60. The van der Waals surface area contributed by atoms with Crippen molar-refractivity contribution < 1.29 is 4.79 Å². The number of aliphatic imine (C=N–C) groups is 1. The van der Waals surface area contributed by atoms with Crippen molar-refractivity contribution >= 4 is 52.4 Å². The normalized spacial score (nSPS) is 14.8. The van der Waals surface area contributed by atoms with Crippen LogP contribution in [0, 0.1) is 6.92 Å². The second-order valence-corrected chi connectivity index (χ2v) is 7.60. The molecule has 3 heterocycles. The van der Waals surface area contributed by atoms with E-state index in [1.807, 2.05) is 31.1 Å². The summed E-state index contributed by atoms with van der Waals surface area (Å²) in [7, 11) is 1.86. The van der Waals surface area contributed by atoms with Crippen LogP contribution in [0.3, 0.4) is 0 Å². The minimum atomic E-state index is 0. The van der Waals surface area contributed by atoms with Gasteiger partial charge in [0.05, 0.1) is 11.9 Å². The molecule has 1 saturated heterocycles. The summed E-state index contributed by atoms with van der Waals surface area (Å²) in [6.07, 6.45) is 4.46. The van der Waals surface area contributed by atoms with Crippen LogP contribution in [-0.4, -0.2) is 64.3 Å². The van der Waals surface area contributed by atoms with Gasteiger partial charge in [0.1, 0.15) is 6.54 Å². The SMILES string of the molecule is CCNC(=NCCc1c(C)[nH]c2ccccc12)N1CCN(c2cnn(C)c2)C(=O)C1.I. The number of halogens is 1. The Balaban J connectivity index is 0.00000272. The smallest absolute Gasteiger partial charge is 0.246 e. The molecular formula is C22H30IN7O. The summed E-state index contributed by atoms with van der Waals surface area (Å²) >= 11 is 0. The maximum absolute atomic E-state index is 12.7. The molecule has 9 heteroatoms. The minimum Gasteiger partial charge on any atom is -0.358 e. The number of aromatic nitrogens is 3. The van der Waals surface area contributed by atoms with Gasteiger partial charge in [-0.1, -0.05) is 18.2 Å². The van der Waals surface area contributed by atoms with Crippen LogP contribution in [0.4, 0.5) is 5.69 Å². The number of aromatic amines is 1. The van der Waals surface area contributed by atoms with Gasteiger partial charge in [0.25, 0.3) is 0 Å². The Kier molecular flexibility index (Phi) is 7.58. The molecule has 2 N–H and O–H groups in total. The number of carbonyl (C=O) groups excluding carboxylic acids is 1. The lowest BCUT2D eigenvalue weighted by molar-refractivity contribution is -0.120. The fraction of sp³-hybridized carbons (Fsp3) is 0.409. The number of para-hydroxylation sites is 1. The molecule has 8 nitrogen and oxygen atoms in total. The largest absolute Gasteiger partial charge is 0.358 e. The number of nitrogens with zero attached hydrogens (tertiary/aromatic N) is 5. The van der Waals surface area contributed by atoms with E-state index in [-0.39, 0.29) is 29.9 Å². The van der Waals surface area contributed by atoms with E-state index >= 15 is 0 Å². The van der Waals surface area contributed by atoms with Crippen LogP contribution in [-0.2, 0) is 18.3 Å². The molecule has 0 spiro atoms. The second kappa shape index (κ2) is 10.2. The molecule has 0 radical (unpaired) electrons. The van der Waals surface area contributed by atoms with Gasteiger partial charge < -0.3 is 20.1 Å². The average Bonchev–Trinajstić information content (AvgIpc) is 3.30. The van der Waals surface area contributed by atoms with Crippen LogP contribution in [0.2, 0.25) is 0 Å². The third-order valence-electron chi connectivity index (χ3n) is 5.51. The van der Waals surface area contributed by atoms with E-state index in [2.05, 4.69) is 40.5 Å². The van der Waals surface area contributed by atoms with Gasteiger partial charge in [-0.3, -0.25) is 14.5 Å².